The first-order valence-corrected chi connectivity index (χ1v) is 6.08. The van der Waals surface area contributed by atoms with E-state index in [9.17, 15) is 9.18 Å². The predicted molar refractivity (Wildman–Crippen MR) is 70.5 cm³/mol. The molecule has 0 aliphatic carbocycles. The quantitative estimate of drug-likeness (QED) is 0.826. The van der Waals surface area contributed by atoms with Gasteiger partial charge in [0.1, 0.15) is 5.82 Å². The van der Waals surface area contributed by atoms with Crippen molar-refractivity contribution in [3.63, 3.8) is 0 Å². The second-order valence-electron chi connectivity index (χ2n) is 4.29. The summed E-state index contributed by atoms with van der Waals surface area (Å²) in [5.74, 6) is -0.579. The molecule has 0 fully saturated rings. The number of pyridine rings is 1. The Morgan fingerprint density at radius 2 is 2.21 bits per heavy atom. The van der Waals surface area contributed by atoms with Crippen molar-refractivity contribution in [3.8, 4) is 0 Å². The molecule has 0 bridgehead atoms. The standard InChI is InChI=1S/C14H15FN2O2/c1-9-12(14(19)16-5-2-6-18)7-10-3-4-11(15)8-13(10)17-9/h3-4,7-8,18H,2,5-6H2,1H3,(H,16,19). The fourth-order valence-corrected chi connectivity index (χ4v) is 1.84. The Hall–Kier alpha value is -2.01. The molecule has 2 aromatic rings. The Bertz CT molecular complexity index is 614. The highest BCUT2D eigenvalue weighted by atomic mass is 19.1. The number of carbonyl (C=O) groups is 1. The van der Waals surface area contributed by atoms with Crippen molar-refractivity contribution in [2.24, 2.45) is 0 Å². The van der Waals surface area contributed by atoms with Crippen molar-refractivity contribution in [2.75, 3.05) is 13.2 Å². The Labute approximate surface area is 110 Å². The SMILES string of the molecule is Cc1nc2cc(F)ccc2cc1C(=O)NCCCO. The highest BCUT2D eigenvalue weighted by Crippen LogP contribution is 2.17. The van der Waals surface area contributed by atoms with Crippen LogP contribution in [0.25, 0.3) is 10.9 Å². The molecule has 19 heavy (non-hydrogen) atoms. The van der Waals surface area contributed by atoms with Crippen LogP contribution >= 0.6 is 0 Å². The van der Waals surface area contributed by atoms with Gasteiger partial charge in [0.25, 0.3) is 5.91 Å². The maximum Gasteiger partial charge on any atom is 0.253 e. The lowest BCUT2D eigenvalue weighted by atomic mass is 10.1. The number of hydrogen-bond donors (Lipinski definition) is 2. The smallest absolute Gasteiger partial charge is 0.253 e. The number of aliphatic hydroxyl groups is 1. The number of nitrogens with zero attached hydrogens (tertiary/aromatic N) is 1. The summed E-state index contributed by atoms with van der Waals surface area (Å²) in [5.41, 5.74) is 1.56. The normalized spacial score (nSPS) is 10.7. The van der Waals surface area contributed by atoms with Crippen LogP contribution in [0.2, 0.25) is 0 Å². The van der Waals surface area contributed by atoms with Crippen LogP contribution in [0.1, 0.15) is 22.5 Å². The highest BCUT2D eigenvalue weighted by molar-refractivity contribution is 5.98. The predicted octanol–water partition coefficient (Wildman–Crippen LogP) is 1.79. The van der Waals surface area contributed by atoms with E-state index >= 15 is 0 Å². The zero-order chi connectivity index (χ0) is 13.8. The van der Waals surface area contributed by atoms with E-state index in [-0.39, 0.29) is 18.3 Å². The molecule has 0 saturated heterocycles. The summed E-state index contributed by atoms with van der Waals surface area (Å²) in [6, 6.07) is 5.98. The minimum absolute atomic E-state index is 0.0362. The first-order valence-electron chi connectivity index (χ1n) is 6.08. The molecule has 0 unspecified atom stereocenters. The van der Waals surface area contributed by atoms with Gasteiger partial charge in [0.15, 0.2) is 0 Å². The third kappa shape index (κ3) is 3.06. The summed E-state index contributed by atoms with van der Waals surface area (Å²) in [4.78, 5) is 16.2. The van der Waals surface area contributed by atoms with Gasteiger partial charge in [0, 0.05) is 24.6 Å². The summed E-state index contributed by atoms with van der Waals surface area (Å²) >= 11 is 0. The first-order chi connectivity index (χ1) is 9.11. The van der Waals surface area contributed by atoms with Gasteiger partial charge in [-0.15, -0.1) is 0 Å². The van der Waals surface area contributed by atoms with Crippen LogP contribution in [-0.2, 0) is 0 Å². The number of amides is 1. The fraction of sp³-hybridized carbons (Fsp3) is 0.286. The molecule has 1 aromatic carbocycles. The number of rotatable bonds is 4. The van der Waals surface area contributed by atoms with E-state index in [4.69, 9.17) is 5.11 Å². The fourth-order valence-electron chi connectivity index (χ4n) is 1.84. The van der Waals surface area contributed by atoms with E-state index in [0.717, 1.165) is 5.39 Å². The molecule has 0 spiro atoms. The van der Waals surface area contributed by atoms with Gasteiger partial charge in [-0.2, -0.15) is 0 Å². The monoisotopic (exact) mass is 262 g/mol. The summed E-state index contributed by atoms with van der Waals surface area (Å²) < 4.78 is 13.1. The highest BCUT2D eigenvalue weighted by Gasteiger charge is 2.11. The van der Waals surface area contributed by atoms with E-state index < -0.39 is 0 Å². The largest absolute Gasteiger partial charge is 0.396 e. The zero-order valence-corrected chi connectivity index (χ0v) is 10.6. The van der Waals surface area contributed by atoms with Gasteiger partial charge in [-0.25, -0.2) is 4.39 Å². The average molecular weight is 262 g/mol. The number of benzene rings is 1. The van der Waals surface area contributed by atoms with E-state index in [1.165, 1.54) is 12.1 Å². The van der Waals surface area contributed by atoms with Crippen LogP contribution in [0.15, 0.2) is 24.3 Å². The molecular weight excluding hydrogens is 247 g/mol. The second kappa shape index (κ2) is 5.75. The van der Waals surface area contributed by atoms with Crippen LogP contribution in [0, 0.1) is 12.7 Å². The molecule has 0 atom stereocenters. The molecule has 0 aliphatic heterocycles. The van der Waals surface area contributed by atoms with Gasteiger partial charge in [0.05, 0.1) is 16.8 Å². The van der Waals surface area contributed by atoms with Gasteiger partial charge in [-0.1, -0.05) is 0 Å². The van der Waals surface area contributed by atoms with Gasteiger partial charge in [0.2, 0.25) is 0 Å². The van der Waals surface area contributed by atoms with E-state index in [1.807, 2.05) is 0 Å². The first kappa shape index (κ1) is 13.4. The second-order valence-corrected chi connectivity index (χ2v) is 4.29. The minimum atomic E-state index is -0.348. The van der Waals surface area contributed by atoms with Crippen molar-refractivity contribution >= 4 is 16.8 Å². The zero-order valence-electron chi connectivity index (χ0n) is 10.6. The molecule has 0 radical (unpaired) electrons. The van der Waals surface area contributed by atoms with Crippen molar-refractivity contribution in [3.05, 3.63) is 41.3 Å². The van der Waals surface area contributed by atoms with Crippen molar-refractivity contribution in [2.45, 2.75) is 13.3 Å². The Morgan fingerprint density at radius 1 is 1.42 bits per heavy atom. The van der Waals surface area contributed by atoms with Crippen LogP contribution in [0.3, 0.4) is 0 Å². The summed E-state index contributed by atoms with van der Waals surface area (Å²) in [5, 5.41) is 12.1. The molecule has 100 valence electrons. The average Bonchev–Trinajstić information content (AvgIpc) is 2.38. The lowest BCUT2D eigenvalue weighted by Gasteiger charge is -2.08. The summed E-state index contributed by atoms with van der Waals surface area (Å²) in [6.45, 7) is 2.16. The maximum absolute atomic E-state index is 13.1. The van der Waals surface area contributed by atoms with Crippen LogP contribution in [-0.4, -0.2) is 29.1 Å². The van der Waals surface area contributed by atoms with Crippen molar-refractivity contribution < 1.29 is 14.3 Å². The van der Waals surface area contributed by atoms with E-state index in [0.29, 0.717) is 29.7 Å². The van der Waals surface area contributed by atoms with Gasteiger partial charge >= 0.3 is 0 Å². The van der Waals surface area contributed by atoms with Crippen molar-refractivity contribution in [1.29, 1.82) is 0 Å². The number of aliphatic hydroxyl groups excluding tert-OH is 1. The van der Waals surface area contributed by atoms with Gasteiger partial charge in [-0.05, 0) is 31.5 Å². The van der Waals surface area contributed by atoms with Crippen molar-refractivity contribution in [1.82, 2.24) is 10.3 Å². The van der Waals surface area contributed by atoms with Crippen LogP contribution in [0.5, 0.6) is 0 Å². The molecule has 5 heteroatoms. The number of carbonyl (C=O) groups excluding carboxylic acids is 1. The maximum atomic E-state index is 13.1. The molecule has 2 rings (SSSR count). The third-order valence-electron chi connectivity index (χ3n) is 2.84. The van der Waals surface area contributed by atoms with Crippen LogP contribution in [0.4, 0.5) is 4.39 Å². The number of aryl methyl sites for hydroxylation is 1. The number of hydrogen-bond acceptors (Lipinski definition) is 3. The molecular formula is C14H15FN2O2. The lowest BCUT2D eigenvalue weighted by molar-refractivity contribution is 0.0950. The third-order valence-corrected chi connectivity index (χ3v) is 2.84. The number of nitrogens with one attached hydrogen (secondary N) is 1. The number of halogens is 1. The van der Waals surface area contributed by atoms with E-state index in [2.05, 4.69) is 10.3 Å². The van der Waals surface area contributed by atoms with Gasteiger partial charge < -0.3 is 10.4 Å². The molecule has 4 nitrogen and oxygen atoms in total. The summed E-state index contributed by atoms with van der Waals surface area (Å²) in [7, 11) is 0. The number of aromatic nitrogens is 1. The van der Waals surface area contributed by atoms with Crippen LogP contribution < -0.4 is 5.32 Å². The molecule has 1 aromatic heterocycles. The van der Waals surface area contributed by atoms with Gasteiger partial charge in [-0.3, -0.25) is 9.78 Å². The topological polar surface area (TPSA) is 62.2 Å². The minimum Gasteiger partial charge on any atom is -0.396 e. The summed E-state index contributed by atoms with van der Waals surface area (Å²) in [6.07, 6.45) is 0.511. The molecule has 1 amide bonds. The molecule has 0 saturated carbocycles. The molecule has 0 aliphatic rings. The Morgan fingerprint density at radius 3 is 2.95 bits per heavy atom. The number of fused-ring (bicyclic) bond motifs is 1. The molecule has 2 N–H and O–H groups in total. The lowest BCUT2D eigenvalue weighted by Crippen LogP contribution is -2.26. The van der Waals surface area contributed by atoms with E-state index in [1.54, 1.807) is 19.1 Å². The molecule has 1 heterocycles. The Balaban J connectivity index is 2.30. The Kier molecular flexibility index (Phi) is 4.06.